The van der Waals surface area contributed by atoms with Gasteiger partial charge in [0.25, 0.3) is 0 Å². The topological polar surface area (TPSA) is 73.1 Å². The van der Waals surface area contributed by atoms with E-state index < -0.39 is 5.97 Å². The lowest BCUT2D eigenvalue weighted by Gasteiger charge is -2.35. The van der Waals surface area contributed by atoms with E-state index in [4.69, 9.17) is 4.74 Å². The van der Waals surface area contributed by atoms with Crippen molar-refractivity contribution in [2.75, 3.05) is 24.6 Å². The number of halogens is 1. The van der Waals surface area contributed by atoms with Crippen molar-refractivity contribution in [1.29, 1.82) is 0 Å². The number of pyridine rings is 1. The normalized spacial score (nSPS) is 17.0. The summed E-state index contributed by atoms with van der Waals surface area (Å²) in [6.07, 6.45) is 5.21. The third kappa shape index (κ3) is 3.74. The van der Waals surface area contributed by atoms with Crippen molar-refractivity contribution in [2.45, 2.75) is 45.6 Å². The van der Waals surface area contributed by atoms with Gasteiger partial charge in [-0.1, -0.05) is 0 Å². The number of esters is 1. The van der Waals surface area contributed by atoms with Crippen LogP contribution in [-0.2, 0) is 4.74 Å². The summed E-state index contributed by atoms with van der Waals surface area (Å²) in [4.78, 5) is 19.2. The molecular formula is C22H26FN5O2. The first kappa shape index (κ1) is 20.3. The average molecular weight is 411 g/mol. The molecule has 7 nitrogen and oxygen atoms in total. The van der Waals surface area contributed by atoms with Gasteiger partial charge < -0.3 is 14.2 Å². The van der Waals surface area contributed by atoms with Crippen molar-refractivity contribution in [1.82, 2.24) is 19.7 Å². The Balaban J connectivity index is 1.78. The number of carbonyl (C=O) groups excluding carboxylic acids is 1. The lowest BCUT2D eigenvalue weighted by molar-refractivity contribution is 0.0526. The molecule has 3 heterocycles. The predicted molar refractivity (Wildman–Crippen MR) is 112 cm³/mol. The Morgan fingerprint density at radius 2 is 2.20 bits per heavy atom. The Bertz CT molecular complexity index is 1060. The highest BCUT2D eigenvalue weighted by molar-refractivity contribution is 6.05. The number of ether oxygens (including phenoxy) is 1. The molecule has 30 heavy (non-hydrogen) atoms. The molecule has 0 bridgehead atoms. The van der Waals surface area contributed by atoms with Crippen LogP contribution in [0.2, 0.25) is 0 Å². The minimum Gasteiger partial charge on any atom is -0.462 e. The highest BCUT2D eigenvalue weighted by Crippen LogP contribution is 2.36. The summed E-state index contributed by atoms with van der Waals surface area (Å²) in [6.45, 7) is 7.65. The molecule has 1 saturated heterocycles. The molecule has 1 aliphatic rings. The minimum absolute atomic E-state index is 0.162. The number of hydrogen-bond acceptors (Lipinski definition) is 6. The molecule has 8 heteroatoms. The summed E-state index contributed by atoms with van der Waals surface area (Å²) in [5.74, 6) is 0.297. The van der Waals surface area contributed by atoms with E-state index in [0.29, 0.717) is 28.7 Å². The molecule has 0 radical (unpaired) electrons. The van der Waals surface area contributed by atoms with Crippen molar-refractivity contribution in [3.63, 3.8) is 0 Å². The quantitative estimate of drug-likeness (QED) is 0.589. The van der Waals surface area contributed by atoms with E-state index >= 15 is 0 Å². The molecule has 0 aliphatic carbocycles. The van der Waals surface area contributed by atoms with Gasteiger partial charge in [-0.25, -0.2) is 9.18 Å². The van der Waals surface area contributed by atoms with Gasteiger partial charge in [0.2, 0.25) is 0 Å². The Labute approximate surface area is 174 Å². The third-order valence-electron chi connectivity index (χ3n) is 5.56. The fourth-order valence-electron chi connectivity index (χ4n) is 4.18. The van der Waals surface area contributed by atoms with Crippen LogP contribution in [0.15, 0.2) is 30.7 Å². The van der Waals surface area contributed by atoms with Gasteiger partial charge in [-0.3, -0.25) is 4.98 Å². The summed E-state index contributed by atoms with van der Waals surface area (Å²) in [7, 11) is 0. The summed E-state index contributed by atoms with van der Waals surface area (Å²) in [5.41, 5.74) is 1.69. The predicted octanol–water partition coefficient (Wildman–Crippen LogP) is 4.11. The van der Waals surface area contributed by atoms with Crippen molar-refractivity contribution in [2.24, 2.45) is 0 Å². The van der Waals surface area contributed by atoms with Gasteiger partial charge in [0.05, 0.1) is 17.8 Å². The number of nitrogens with zero attached hydrogens (tertiary/aromatic N) is 5. The van der Waals surface area contributed by atoms with Crippen molar-refractivity contribution in [3.8, 4) is 0 Å². The monoisotopic (exact) mass is 411 g/mol. The summed E-state index contributed by atoms with van der Waals surface area (Å²) < 4.78 is 21.5. The molecule has 1 fully saturated rings. The third-order valence-corrected chi connectivity index (χ3v) is 5.56. The second-order valence-corrected chi connectivity index (χ2v) is 7.88. The Kier molecular flexibility index (Phi) is 5.65. The van der Waals surface area contributed by atoms with Crippen LogP contribution in [0, 0.1) is 5.82 Å². The van der Waals surface area contributed by atoms with Crippen LogP contribution in [0.4, 0.5) is 10.1 Å². The van der Waals surface area contributed by atoms with E-state index in [0.717, 1.165) is 25.2 Å². The van der Waals surface area contributed by atoms with Gasteiger partial charge in [0.1, 0.15) is 23.5 Å². The van der Waals surface area contributed by atoms with E-state index in [9.17, 15) is 9.18 Å². The van der Waals surface area contributed by atoms with Crippen LogP contribution in [0.5, 0.6) is 0 Å². The highest BCUT2D eigenvalue weighted by Gasteiger charge is 2.30. The van der Waals surface area contributed by atoms with Gasteiger partial charge in [0.15, 0.2) is 0 Å². The largest absolute Gasteiger partial charge is 0.462 e. The zero-order valence-corrected chi connectivity index (χ0v) is 17.5. The molecule has 1 unspecified atom stereocenters. The molecule has 1 atom stereocenters. The number of fused-ring (bicyclic) bond motifs is 1. The van der Waals surface area contributed by atoms with Crippen LogP contribution in [0.1, 0.15) is 61.8 Å². The molecule has 1 aromatic carbocycles. The van der Waals surface area contributed by atoms with Crippen molar-refractivity contribution >= 4 is 22.6 Å². The standard InChI is InChI=1S/C22H26FN5O2/c1-4-30-22(29)18-11-24-19-8-7-16(23)10-17(19)20(18)27-9-5-6-15(12-27)21-26-25-13-28(21)14(2)3/h7-8,10-11,13-15H,4-6,9,12H2,1-3H3. The number of carbonyl (C=O) groups is 1. The molecule has 3 aromatic rings. The summed E-state index contributed by atoms with van der Waals surface area (Å²) in [6, 6.07) is 4.73. The van der Waals surface area contributed by atoms with Gasteiger partial charge in [-0.2, -0.15) is 0 Å². The smallest absolute Gasteiger partial charge is 0.341 e. The van der Waals surface area contributed by atoms with Gasteiger partial charge >= 0.3 is 5.97 Å². The summed E-state index contributed by atoms with van der Waals surface area (Å²) in [5, 5.41) is 9.10. The number of piperidine rings is 1. The molecule has 0 amide bonds. The number of rotatable bonds is 5. The first-order valence-corrected chi connectivity index (χ1v) is 10.4. The van der Waals surface area contributed by atoms with Crippen molar-refractivity contribution in [3.05, 3.63) is 47.9 Å². The number of hydrogen-bond donors (Lipinski definition) is 0. The van der Waals surface area contributed by atoms with Crippen LogP contribution < -0.4 is 4.90 Å². The lowest BCUT2D eigenvalue weighted by atomic mass is 9.95. The van der Waals surface area contributed by atoms with Crippen LogP contribution in [-0.4, -0.2) is 45.4 Å². The van der Waals surface area contributed by atoms with E-state index in [1.165, 1.54) is 18.3 Å². The highest BCUT2D eigenvalue weighted by atomic mass is 19.1. The maximum atomic E-state index is 14.1. The molecule has 2 aromatic heterocycles. The zero-order chi connectivity index (χ0) is 21.3. The van der Waals surface area contributed by atoms with Gasteiger partial charge in [-0.05, 0) is 51.8 Å². The molecule has 4 rings (SSSR count). The van der Waals surface area contributed by atoms with Gasteiger partial charge in [0, 0.05) is 36.6 Å². The van der Waals surface area contributed by atoms with Crippen molar-refractivity contribution < 1.29 is 13.9 Å². The first-order valence-electron chi connectivity index (χ1n) is 10.4. The molecule has 0 N–H and O–H groups in total. The Morgan fingerprint density at radius 3 is 2.97 bits per heavy atom. The minimum atomic E-state index is -0.446. The van der Waals surface area contributed by atoms with Crippen LogP contribution in [0.25, 0.3) is 10.9 Å². The zero-order valence-electron chi connectivity index (χ0n) is 17.5. The second-order valence-electron chi connectivity index (χ2n) is 7.88. The first-order chi connectivity index (χ1) is 14.5. The van der Waals surface area contributed by atoms with E-state index in [1.807, 2.05) is 0 Å². The Morgan fingerprint density at radius 1 is 1.37 bits per heavy atom. The maximum absolute atomic E-state index is 14.1. The van der Waals surface area contributed by atoms with E-state index in [1.54, 1.807) is 19.3 Å². The molecular weight excluding hydrogens is 385 g/mol. The molecule has 158 valence electrons. The molecule has 0 saturated carbocycles. The average Bonchev–Trinajstić information content (AvgIpc) is 3.23. The van der Waals surface area contributed by atoms with E-state index in [-0.39, 0.29) is 24.4 Å². The second kappa shape index (κ2) is 8.38. The fourth-order valence-corrected chi connectivity index (χ4v) is 4.18. The SMILES string of the molecule is CCOC(=O)c1cnc2ccc(F)cc2c1N1CCCC(c2nncn2C(C)C)C1. The molecule has 1 aliphatic heterocycles. The maximum Gasteiger partial charge on any atom is 0.341 e. The molecule has 0 spiro atoms. The van der Waals surface area contributed by atoms with Crippen LogP contribution in [0.3, 0.4) is 0 Å². The van der Waals surface area contributed by atoms with Crippen LogP contribution >= 0.6 is 0 Å². The number of benzene rings is 1. The summed E-state index contributed by atoms with van der Waals surface area (Å²) >= 11 is 0. The number of anilines is 1. The fraction of sp³-hybridized carbons (Fsp3) is 0.455. The number of aromatic nitrogens is 4. The van der Waals surface area contributed by atoms with Gasteiger partial charge in [-0.15, -0.1) is 10.2 Å². The lowest BCUT2D eigenvalue weighted by Crippen LogP contribution is -2.36. The Hall–Kier alpha value is -3.03. The van der Waals surface area contributed by atoms with E-state index in [2.05, 4.69) is 38.5 Å².